The normalized spacial score (nSPS) is 10.2. The fraction of sp³-hybridized carbons (Fsp3) is 0.211. The Morgan fingerprint density at radius 3 is 2.67 bits per heavy atom. The van der Waals surface area contributed by atoms with E-state index in [0.29, 0.717) is 36.6 Å². The maximum atomic E-state index is 12.0. The molecule has 8 nitrogen and oxygen atoms in total. The van der Waals surface area contributed by atoms with E-state index in [2.05, 4.69) is 20.7 Å². The zero-order valence-electron chi connectivity index (χ0n) is 14.6. The number of hydrogen-bond donors (Lipinski definition) is 1. The van der Waals surface area contributed by atoms with Gasteiger partial charge in [0.25, 0.3) is 0 Å². The maximum Gasteiger partial charge on any atom is 0.224 e. The van der Waals surface area contributed by atoms with E-state index >= 15 is 0 Å². The van der Waals surface area contributed by atoms with Crippen molar-refractivity contribution in [2.45, 2.75) is 19.4 Å². The van der Waals surface area contributed by atoms with Crippen LogP contribution < -0.4 is 10.1 Å². The summed E-state index contributed by atoms with van der Waals surface area (Å²) in [4.78, 5) is 13.5. The molecule has 3 rings (SSSR count). The summed E-state index contributed by atoms with van der Waals surface area (Å²) in [5.74, 6) is 1.06. The van der Waals surface area contributed by atoms with Crippen LogP contribution in [0.2, 0.25) is 0 Å². The summed E-state index contributed by atoms with van der Waals surface area (Å²) in [5, 5.41) is 23.7. The lowest BCUT2D eigenvalue weighted by molar-refractivity contribution is -0.116. The number of tetrazole rings is 1. The van der Waals surface area contributed by atoms with Crippen molar-refractivity contribution < 1.29 is 9.53 Å². The van der Waals surface area contributed by atoms with Crippen molar-refractivity contribution in [3.8, 4) is 23.2 Å². The molecule has 1 N–H and O–H groups in total. The second-order valence-electron chi connectivity index (χ2n) is 5.70. The SMILES string of the molecule is N#CCOc1ccc(NC(=O)CCCn2nnc(-c3ccccc3)n2)cc1. The van der Waals surface area contributed by atoms with Crippen LogP contribution in [0, 0.1) is 11.3 Å². The van der Waals surface area contributed by atoms with Crippen molar-refractivity contribution >= 4 is 11.6 Å². The van der Waals surface area contributed by atoms with Crippen LogP contribution in [0.25, 0.3) is 11.4 Å². The number of anilines is 1. The first-order valence-electron chi connectivity index (χ1n) is 8.47. The zero-order chi connectivity index (χ0) is 18.9. The number of amides is 1. The van der Waals surface area contributed by atoms with E-state index in [1.54, 1.807) is 24.3 Å². The Labute approximate surface area is 156 Å². The van der Waals surface area contributed by atoms with Gasteiger partial charge in [-0.15, -0.1) is 10.2 Å². The van der Waals surface area contributed by atoms with Crippen molar-refractivity contribution in [1.82, 2.24) is 20.2 Å². The second-order valence-corrected chi connectivity index (χ2v) is 5.70. The number of rotatable bonds is 8. The summed E-state index contributed by atoms with van der Waals surface area (Å²) >= 11 is 0. The van der Waals surface area contributed by atoms with Gasteiger partial charge >= 0.3 is 0 Å². The number of benzene rings is 2. The van der Waals surface area contributed by atoms with Gasteiger partial charge < -0.3 is 10.1 Å². The molecule has 136 valence electrons. The first-order valence-corrected chi connectivity index (χ1v) is 8.47. The van der Waals surface area contributed by atoms with Crippen LogP contribution in [-0.2, 0) is 11.3 Å². The van der Waals surface area contributed by atoms with Gasteiger partial charge in [-0.3, -0.25) is 4.79 Å². The minimum Gasteiger partial charge on any atom is -0.479 e. The Balaban J connectivity index is 1.43. The van der Waals surface area contributed by atoms with E-state index in [1.807, 2.05) is 36.4 Å². The number of nitrogens with zero attached hydrogens (tertiary/aromatic N) is 5. The molecule has 0 spiro atoms. The van der Waals surface area contributed by atoms with Gasteiger partial charge in [-0.1, -0.05) is 30.3 Å². The van der Waals surface area contributed by atoms with Crippen LogP contribution in [0.1, 0.15) is 12.8 Å². The van der Waals surface area contributed by atoms with Gasteiger partial charge in [-0.2, -0.15) is 10.1 Å². The Kier molecular flexibility index (Phi) is 6.09. The number of nitriles is 1. The van der Waals surface area contributed by atoms with Crippen molar-refractivity contribution in [3.63, 3.8) is 0 Å². The van der Waals surface area contributed by atoms with E-state index in [0.717, 1.165) is 5.56 Å². The Morgan fingerprint density at radius 1 is 1.15 bits per heavy atom. The number of aryl methyl sites for hydroxylation is 1. The summed E-state index contributed by atoms with van der Waals surface area (Å²) in [7, 11) is 0. The molecule has 0 unspecified atom stereocenters. The lowest BCUT2D eigenvalue weighted by Gasteiger charge is -2.06. The summed E-state index contributed by atoms with van der Waals surface area (Å²) in [6.07, 6.45) is 0.939. The number of hydrogen-bond acceptors (Lipinski definition) is 6. The molecule has 0 bridgehead atoms. The number of nitrogens with one attached hydrogen (secondary N) is 1. The van der Waals surface area contributed by atoms with Crippen LogP contribution >= 0.6 is 0 Å². The smallest absolute Gasteiger partial charge is 0.224 e. The molecule has 0 atom stereocenters. The Bertz CT molecular complexity index is 915. The van der Waals surface area contributed by atoms with Crippen molar-refractivity contribution in [2.75, 3.05) is 11.9 Å². The molecule has 0 radical (unpaired) electrons. The lowest BCUT2D eigenvalue weighted by atomic mass is 10.2. The largest absolute Gasteiger partial charge is 0.479 e. The van der Waals surface area contributed by atoms with E-state index in [-0.39, 0.29) is 12.5 Å². The van der Waals surface area contributed by atoms with Crippen LogP contribution in [0.15, 0.2) is 54.6 Å². The third-order valence-electron chi connectivity index (χ3n) is 3.69. The molecule has 0 aliphatic carbocycles. The van der Waals surface area contributed by atoms with Crippen molar-refractivity contribution in [3.05, 3.63) is 54.6 Å². The number of carbonyl (C=O) groups excluding carboxylic acids is 1. The first-order chi connectivity index (χ1) is 13.2. The van der Waals surface area contributed by atoms with Gasteiger partial charge in [0.05, 0.1) is 6.54 Å². The monoisotopic (exact) mass is 362 g/mol. The van der Waals surface area contributed by atoms with Gasteiger partial charge in [-0.05, 0) is 35.9 Å². The molecule has 0 fully saturated rings. The quantitative estimate of drug-likeness (QED) is 0.660. The standard InChI is InChI=1S/C19H18N6O2/c20-12-14-27-17-10-8-16(9-11-17)21-18(26)7-4-13-25-23-19(22-24-25)15-5-2-1-3-6-15/h1-3,5-6,8-11H,4,7,13-14H2,(H,21,26). The second kappa shape index (κ2) is 9.10. The lowest BCUT2D eigenvalue weighted by Crippen LogP contribution is -2.13. The average molecular weight is 362 g/mol. The minimum absolute atomic E-state index is 0.00594. The zero-order valence-corrected chi connectivity index (χ0v) is 14.6. The number of aromatic nitrogens is 4. The molecule has 0 saturated carbocycles. The van der Waals surface area contributed by atoms with Gasteiger partial charge in [0, 0.05) is 17.7 Å². The summed E-state index contributed by atoms with van der Waals surface area (Å²) in [6, 6.07) is 18.4. The van der Waals surface area contributed by atoms with Gasteiger partial charge in [0.15, 0.2) is 6.61 Å². The summed E-state index contributed by atoms with van der Waals surface area (Å²) in [5.41, 5.74) is 1.58. The molecule has 0 aliphatic heterocycles. The highest BCUT2D eigenvalue weighted by molar-refractivity contribution is 5.90. The van der Waals surface area contributed by atoms with Crippen molar-refractivity contribution in [2.24, 2.45) is 0 Å². The molecule has 3 aromatic rings. The molecule has 27 heavy (non-hydrogen) atoms. The fourth-order valence-electron chi connectivity index (χ4n) is 2.40. The van der Waals surface area contributed by atoms with Gasteiger partial charge in [0.1, 0.15) is 11.8 Å². The van der Waals surface area contributed by atoms with E-state index in [4.69, 9.17) is 10.00 Å². The van der Waals surface area contributed by atoms with Crippen LogP contribution in [-0.4, -0.2) is 32.7 Å². The van der Waals surface area contributed by atoms with E-state index in [9.17, 15) is 4.79 Å². The average Bonchev–Trinajstić information content (AvgIpc) is 3.17. The predicted octanol–water partition coefficient (Wildman–Crippen LogP) is 2.66. The molecular formula is C19H18N6O2. The molecule has 0 saturated heterocycles. The highest BCUT2D eigenvalue weighted by atomic mass is 16.5. The molecule has 8 heteroatoms. The molecule has 1 heterocycles. The third-order valence-corrected chi connectivity index (χ3v) is 3.69. The predicted molar refractivity (Wildman–Crippen MR) is 98.7 cm³/mol. The number of carbonyl (C=O) groups is 1. The fourth-order valence-corrected chi connectivity index (χ4v) is 2.40. The molecule has 1 aromatic heterocycles. The minimum atomic E-state index is -0.0934. The van der Waals surface area contributed by atoms with Crippen LogP contribution in [0.3, 0.4) is 0 Å². The topological polar surface area (TPSA) is 106 Å². The summed E-state index contributed by atoms with van der Waals surface area (Å²) < 4.78 is 5.17. The van der Waals surface area contributed by atoms with Crippen molar-refractivity contribution in [1.29, 1.82) is 5.26 Å². The molecule has 1 amide bonds. The highest BCUT2D eigenvalue weighted by Gasteiger charge is 2.07. The maximum absolute atomic E-state index is 12.0. The first kappa shape index (κ1) is 18.1. The van der Waals surface area contributed by atoms with Crippen LogP contribution in [0.5, 0.6) is 5.75 Å². The van der Waals surface area contributed by atoms with E-state index in [1.165, 1.54) is 4.80 Å². The van der Waals surface area contributed by atoms with E-state index < -0.39 is 0 Å². The number of ether oxygens (including phenoxy) is 1. The van der Waals surface area contributed by atoms with Gasteiger partial charge in [0.2, 0.25) is 11.7 Å². The third kappa shape index (κ3) is 5.37. The molecule has 0 aliphatic rings. The van der Waals surface area contributed by atoms with Gasteiger partial charge in [-0.25, -0.2) is 0 Å². The van der Waals surface area contributed by atoms with Crippen LogP contribution in [0.4, 0.5) is 5.69 Å². The molecule has 2 aromatic carbocycles. The highest BCUT2D eigenvalue weighted by Crippen LogP contribution is 2.16. The summed E-state index contributed by atoms with van der Waals surface area (Å²) in [6.45, 7) is 0.502. The Morgan fingerprint density at radius 2 is 1.93 bits per heavy atom. The molecular weight excluding hydrogens is 344 g/mol. The Hall–Kier alpha value is -3.73.